The van der Waals surface area contributed by atoms with Gasteiger partial charge in [0.15, 0.2) is 0 Å². The molecule has 0 saturated carbocycles. The first-order valence-electron chi connectivity index (χ1n) is 16.2. The lowest BCUT2D eigenvalue weighted by molar-refractivity contribution is 0.669. The zero-order chi connectivity index (χ0) is 30.9. The zero-order valence-electron chi connectivity index (χ0n) is 25.6. The maximum absolute atomic E-state index is 6.38. The van der Waals surface area contributed by atoms with E-state index in [-0.39, 0.29) is 0 Å². The molecule has 47 heavy (non-hydrogen) atoms. The van der Waals surface area contributed by atoms with Crippen molar-refractivity contribution in [1.29, 1.82) is 0 Å². The van der Waals surface area contributed by atoms with Crippen molar-refractivity contribution in [3.63, 3.8) is 0 Å². The second-order valence-electron chi connectivity index (χ2n) is 12.5. The first kappa shape index (κ1) is 26.1. The highest BCUT2D eigenvalue weighted by atomic mass is 16.3. The lowest BCUT2D eigenvalue weighted by Gasteiger charge is -2.18. The summed E-state index contributed by atoms with van der Waals surface area (Å²) in [7, 11) is 0. The molecule has 0 unspecified atom stereocenters. The lowest BCUT2D eigenvalue weighted by Crippen LogP contribution is -1.91. The van der Waals surface area contributed by atoms with Crippen molar-refractivity contribution in [2.24, 2.45) is 0 Å². The summed E-state index contributed by atoms with van der Waals surface area (Å²) in [6, 6.07) is 61.7. The Morgan fingerprint density at radius 2 is 0.809 bits per heavy atom. The first-order valence-corrected chi connectivity index (χ1v) is 16.2. The molecule has 1 heterocycles. The predicted octanol–water partition coefficient (Wildman–Crippen LogP) is 13.2. The fraction of sp³-hybridized carbons (Fsp3) is 0. The van der Waals surface area contributed by atoms with Crippen LogP contribution in [0.15, 0.2) is 174 Å². The van der Waals surface area contributed by atoms with Crippen LogP contribution >= 0.6 is 0 Å². The average molecular weight is 597 g/mol. The molecule has 0 spiro atoms. The molecule has 10 aromatic rings. The Balaban J connectivity index is 1.25. The number of hydrogen-bond donors (Lipinski definition) is 0. The third-order valence-electron chi connectivity index (χ3n) is 9.81. The Morgan fingerprint density at radius 1 is 0.277 bits per heavy atom. The van der Waals surface area contributed by atoms with E-state index in [4.69, 9.17) is 4.42 Å². The van der Waals surface area contributed by atoms with Gasteiger partial charge in [-0.1, -0.05) is 140 Å². The molecule has 0 aliphatic heterocycles. The van der Waals surface area contributed by atoms with Gasteiger partial charge in [0.1, 0.15) is 11.2 Å². The van der Waals surface area contributed by atoms with Crippen molar-refractivity contribution in [3.05, 3.63) is 170 Å². The third kappa shape index (κ3) is 4.03. The maximum Gasteiger partial charge on any atom is 0.136 e. The molecule has 9 aromatic carbocycles. The summed E-state index contributed by atoms with van der Waals surface area (Å²) in [5.41, 5.74) is 9.26. The maximum atomic E-state index is 6.38. The van der Waals surface area contributed by atoms with Gasteiger partial charge in [0.25, 0.3) is 0 Å². The first-order chi connectivity index (χ1) is 23.3. The van der Waals surface area contributed by atoms with E-state index in [0.717, 1.165) is 21.9 Å². The minimum absolute atomic E-state index is 0.912. The molecule has 1 nitrogen and oxygen atoms in total. The Morgan fingerprint density at radius 3 is 1.49 bits per heavy atom. The van der Waals surface area contributed by atoms with Crippen LogP contribution in [0.25, 0.3) is 98.4 Å². The van der Waals surface area contributed by atoms with Crippen LogP contribution in [0.2, 0.25) is 0 Å². The van der Waals surface area contributed by atoms with Gasteiger partial charge in [-0.2, -0.15) is 0 Å². The van der Waals surface area contributed by atoms with Crippen LogP contribution in [-0.2, 0) is 0 Å². The summed E-state index contributed by atoms with van der Waals surface area (Å²) >= 11 is 0. The SMILES string of the molecule is c1ccc(-c2cccc3ccc(-c4c5ccccc5c(-c5ccc6oc7cc8ccccc8cc7c6c5)c5ccccc45)cc23)cc1. The number of furan rings is 1. The Bertz CT molecular complexity index is 2780. The fourth-order valence-corrected chi connectivity index (χ4v) is 7.67. The van der Waals surface area contributed by atoms with Crippen molar-refractivity contribution in [1.82, 2.24) is 0 Å². The normalized spacial score (nSPS) is 11.8. The lowest BCUT2D eigenvalue weighted by atomic mass is 9.85. The molecule has 0 bridgehead atoms. The molecule has 0 N–H and O–H groups in total. The molecular weight excluding hydrogens is 569 g/mol. The van der Waals surface area contributed by atoms with E-state index >= 15 is 0 Å². The third-order valence-corrected chi connectivity index (χ3v) is 9.81. The van der Waals surface area contributed by atoms with Crippen LogP contribution < -0.4 is 0 Å². The molecule has 0 aliphatic rings. The summed E-state index contributed by atoms with van der Waals surface area (Å²) in [6.45, 7) is 0. The van der Waals surface area contributed by atoms with Crippen LogP contribution in [0.3, 0.4) is 0 Å². The van der Waals surface area contributed by atoms with Gasteiger partial charge in [0, 0.05) is 10.8 Å². The number of rotatable bonds is 3. The zero-order valence-corrected chi connectivity index (χ0v) is 25.6. The average Bonchev–Trinajstić information content (AvgIpc) is 3.49. The summed E-state index contributed by atoms with van der Waals surface area (Å²) in [5, 5.41) is 12.2. The number of fused-ring (bicyclic) bond motifs is 7. The van der Waals surface area contributed by atoms with E-state index in [1.807, 2.05) is 0 Å². The van der Waals surface area contributed by atoms with Crippen LogP contribution in [-0.4, -0.2) is 0 Å². The van der Waals surface area contributed by atoms with Gasteiger partial charge >= 0.3 is 0 Å². The molecule has 10 rings (SSSR count). The van der Waals surface area contributed by atoms with Crippen LogP contribution in [0, 0.1) is 0 Å². The van der Waals surface area contributed by atoms with Gasteiger partial charge < -0.3 is 4.42 Å². The minimum atomic E-state index is 0.912. The summed E-state index contributed by atoms with van der Waals surface area (Å²) < 4.78 is 6.38. The number of benzene rings is 9. The molecule has 0 radical (unpaired) electrons. The van der Waals surface area contributed by atoms with Crippen molar-refractivity contribution >= 4 is 65.0 Å². The monoisotopic (exact) mass is 596 g/mol. The van der Waals surface area contributed by atoms with E-state index in [1.54, 1.807) is 0 Å². The molecule has 1 aromatic heterocycles. The molecule has 0 aliphatic carbocycles. The van der Waals surface area contributed by atoms with Crippen molar-refractivity contribution < 1.29 is 4.42 Å². The van der Waals surface area contributed by atoms with E-state index < -0.39 is 0 Å². The van der Waals surface area contributed by atoms with Crippen molar-refractivity contribution in [2.75, 3.05) is 0 Å². The quantitative estimate of drug-likeness (QED) is 0.185. The molecule has 0 saturated heterocycles. The topological polar surface area (TPSA) is 13.1 Å². The van der Waals surface area contributed by atoms with Crippen LogP contribution in [0.1, 0.15) is 0 Å². The highest BCUT2D eigenvalue weighted by Crippen LogP contribution is 2.46. The summed E-state index contributed by atoms with van der Waals surface area (Å²) in [4.78, 5) is 0. The van der Waals surface area contributed by atoms with Gasteiger partial charge in [-0.25, -0.2) is 0 Å². The van der Waals surface area contributed by atoms with Crippen molar-refractivity contribution in [3.8, 4) is 33.4 Å². The van der Waals surface area contributed by atoms with Gasteiger partial charge in [-0.3, -0.25) is 0 Å². The molecule has 218 valence electrons. The highest BCUT2D eigenvalue weighted by Gasteiger charge is 2.18. The second-order valence-corrected chi connectivity index (χ2v) is 12.5. The van der Waals surface area contributed by atoms with Crippen molar-refractivity contribution in [2.45, 2.75) is 0 Å². The van der Waals surface area contributed by atoms with Gasteiger partial charge in [0.05, 0.1) is 0 Å². The van der Waals surface area contributed by atoms with E-state index in [2.05, 4.69) is 170 Å². The molecule has 0 atom stereocenters. The number of hydrogen-bond acceptors (Lipinski definition) is 1. The van der Waals surface area contributed by atoms with Gasteiger partial charge in [-0.15, -0.1) is 0 Å². The molecule has 0 amide bonds. The van der Waals surface area contributed by atoms with Gasteiger partial charge in [-0.05, 0) is 107 Å². The summed E-state index contributed by atoms with van der Waals surface area (Å²) in [5.74, 6) is 0. The van der Waals surface area contributed by atoms with E-state index in [1.165, 1.54) is 76.5 Å². The predicted molar refractivity (Wildman–Crippen MR) is 200 cm³/mol. The Hall–Kier alpha value is -6.18. The second kappa shape index (κ2) is 10.2. The fourth-order valence-electron chi connectivity index (χ4n) is 7.67. The molecule has 0 fully saturated rings. The van der Waals surface area contributed by atoms with Gasteiger partial charge in [0.2, 0.25) is 0 Å². The smallest absolute Gasteiger partial charge is 0.136 e. The van der Waals surface area contributed by atoms with E-state index in [0.29, 0.717) is 0 Å². The largest absolute Gasteiger partial charge is 0.456 e. The Kier molecular flexibility index (Phi) is 5.64. The van der Waals surface area contributed by atoms with Crippen LogP contribution in [0.4, 0.5) is 0 Å². The highest BCUT2D eigenvalue weighted by molar-refractivity contribution is 6.23. The minimum Gasteiger partial charge on any atom is -0.456 e. The molecule has 1 heteroatoms. The Labute approximate surface area is 271 Å². The van der Waals surface area contributed by atoms with Crippen LogP contribution in [0.5, 0.6) is 0 Å². The summed E-state index contributed by atoms with van der Waals surface area (Å²) in [6.07, 6.45) is 0. The standard InChI is InChI=1S/C46H28O/c1-2-11-29(12-3-1)35-20-10-15-30-21-22-33(26-40(30)35)45-36-16-6-8-18-38(36)46(39-19-9-7-17-37(39)45)34-23-24-43-41(27-34)42-25-31-13-4-5-14-32(31)28-44(42)47-43/h1-28H. The van der Waals surface area contributed by atoms with E-state index in [9.17, 15) is 0 Å². The molecular formula is C46H28O.